The Morgan fingerprint density at radius 3 is 2.29 bits per heavy atom. The van der Waals surface area contributed by atoms with Crippen LogP contribution >= 0.6 is 45.2 Å². The molecule has 0 aliphatic heterocycles. The predicted octanol–water partition coefficient (Wildman–Crippen LogP) is 9.81. The highest BCUT2D eigenvalue weighted by Crippen LogP contribution is 2.48. The highest BCUT2D eigenvalue weighted by molar-refractivity contribution is 14.1. The lowest BCUT2D eigenvalue weighted by atomic mass is 9.68. The molecule has 0 N–H and O–H groups in total. The summed E-state index contributed by atoms with van der Waals surface area (Å²) in [6.45, 7) is 0. The van der Waals surface area contributed by atoms with Gasteiger partial charge in [-0.3, -0.25) is 0 Å². The van der Waals surface area contributed by atoms with Crippen molar-refractivity contribution in [1.29, 1.82) is 0 Å². The van der Waals surface area contributed by atoms with E-state index in [4.69, 9.17) is 0 Å². The number of hydrogen-bond acceptors (Lipinski definition) is 1. The third-order valence-corrected chi connectivity index (χ3v) is 10.9. The summed E-state index contributed by atoms with van der Waals surface area (Å²) in [6, 6.07) is 27.0. The van der Waals surface area contributed by atoms with E-state index >= 15 is 0 Å². The normalized spacial score (nSPS) is 19.1. The largest absolute Gasteiger partial charge is 0.348 e. The second-order valence-corrected chi connectivity index (χ2v) is 11.9. The summed E-state index contributed by atoms with van der Waals surface area (Å²) in [5, 5.41) is 0. The van der Waals surface area contributed by atoms with E-state index in [1.54, 1.807) is 0 Å². The third-order valence-electron chi connectivity index (χ3n) is 8.29. The van der Waals surface area contributed by atoms with Crippen molar-refractivity contribution in [3.63, 3.8) is 0 Å². The van der Waals surface area contributed by atoms with Crippen LogP contribution in [0.2, 0.25) is 0 Å². The smallest absolute Gasteiger partial charge is 0.0406 e. The van der Waals surface area contributed by atoms with E-state index in [-0.39, 0.29) is 5.41 Å². The Hall–Kier alpha value is -2.38. The molecule has 0 heterocycles. The van der Waals surface area contributed by atoms with E-state index in [0.717, 1.165) is 21.7 Å². The molecular weight excluding hydrogens is 688 g/mol. The van der Waals surface area contributed by atoms with Crippen LogP contribution in [0.25, 0.3) is 16.7 Å². The SMILES string of the molecule is CN(C1=CC=C(c2ccccc2)CC1)c1ccc(-c2ccc3c(c2)C(CI)(CI)C2=CC3C=CC=C2)cc1. The van der Waals surface area contributed by atoms with Gasteiger partial charge in [0.05, 0.1) is 0 Å². The molecule has 0 saturated carbocycles. The van der Waals surface area contributed by atoms with Crippen LogP contribution in [0, 0.1) is 0 Å². The number of rotatable bonds is 6. The van der Waals surface area contributed by atoms with Gasteiger partial charge < -0.3 is 4.90 Å². The summed E-state index contributed by atoms with van der Waals surface area (Å²) in [5.74, 6) is 0.360. The van der Waals surface area contributed by atoms with Crippen molar-refractivity contribution in [1.82, 2.24) is 0 Å². The number of nitrogens with zero attached hydrogens (tertiary/aromatic N) is 1. The van der Waals surface area contributed by atoms with Crippen molar-refractivity contribution >= 4 is 56.4 Å². The minimum absolute atomic E-state index is 0.0607. The molecular formula is C35H31I2N. The first-order valence-corrected chi connectivity index (χ1v) is 16.3. The predicted molar refractivity (Wildman–Crippen MR) is 181 cm³/mol. The summed E-state index contributed by atoms with van der Waals surface area (Å²) in [6.07, 6.45) is 18.2. The average Bonchev–Trinajstić information content (AvgIpc) is 3.22. The maximum atomic E-state index is 2.59. The van der Waals surface area contributed by atoms with Gasteiger partial charge >= 0.3 is 0 Å². The molecule has 0 fully saturated rings. The molecule has 1 atom stereocenters. The fraction of sp³-hybridized carbons (Fsp3) is 0.200. The van der Waals surface area contributed by atoms with Crippen molar-refractivity contribution in [3.05, 3.63) is 143 Å². The number of hydrogen-bond donors (Lipinski definition) is 0. The van der Waals surface area contributed by atoms with Gasteiger partial charge in [0, 0.05) is 38.6 Å². The fourth-order valence-electron chi connectivity index (χ4n) is 5.93. The van der Waals surface area contributed by atoms with E-state index in [0.29, 0.717) is 5.92 Å². The molecule has 190 valence electrons. The van der Waals surface area contributed by atoms with Crippen LogP contribution in [0.4, 0.5) is 5.69 Å². The second kappa shape index (κ2) is 11.0. The van der Waals surface area contributed by atoms with Crippen LogP contribution in [0.3, 0.4) is 0 Å². The lowest BCUT2D eigenvalue weighted by Crippen LogP contribution is -2.36. The first-order valence-electron chi connectivity index (χ1n) is 13.3. The summed E-state index contributed by atoms with van der Waals surface area (Å²) < 4.78 is 2.15. The third kappa shape index (κ3) is 4.66. The first-order chi connectivity index (χ1) is 18.6. The van der Waals surface area contributed by atoms with Gasteiger partial charge in [-0.05, 0) is 76.1 Å². The Labute approximate surface area is 254 Å². The van der Waals surface area contributed by atoms with Crippen molar-refractivity contribution in [2.45, 2.75) is 24.2 Å². The van der Waals surface area contributed by atoms with Crippen molar-refractivity contribution in [3.8, 4) is 11.1 Å². The molecule has 3 aromatic rings. The highest BCUT2D eigenvalue weighted by atomic mass is 127. The van der Waals surface area contributed by atoms with Gasteiger partial charge in [-0.1, -0.05) is 136 Å². The van der Waals surface area contributed by atoms with E-state index in [1.165, 1.54) is 50.3 Å². The second-order valence-electron chi connectivity index (χ2n) is 10.4. The van der Waals surface area contributed by atoms with E-state index in [9.17, 15) is 0 Å². The molecule has 1 nitrogen and oxygen atoms in total. The number of halogens is 2. The first kappa shape index (κ1) is 25.9. The van der Waals surface area contributed by atoms with Crippen LogP contribution in [0.1, 0.15) is 35.4 Å². The zero-order chi connectivity index (χ0) is 26.1. The molecule has 3 heteroatoms. The molecule has 3 aliphatic carbocycles. The molecule has 0 aromatic heterocycles. The van der Waals surface area contributed by atoms with Crippen molar-refractivity contribution in [2.24, 2.45) is 0 Å². The van der Waals surface area contributed by atoms with Crippen molar-refractivity contribution < 1.29 is 0 Å². The minimum atomic E-state index is 0.0607. The molecule has 0 saturated heterocycles. The topological polar surface area (TPSA) is 3.24 Å². The monoisotopic (exact) mass is 719 g/mol. The van der Waals surface area contributed by atoms with Gasteiger partial charge in [0.15, 0.2) is 0 Å². The lowest BCUT2D eigenvalue weighted by Gasteiger charge is -2.39. The Balaban J connectivity index is 1.27. The number of alkyl halides is 2. The summed E-state index contributed by atoms with van der Waals surface area (Å²) >= 11 is 5.17. The average molecular weight is 719 g/mol. The zero-order valence-electron chi connectivity index (χ0n) is 21.6. The Morgan fingerprint density at radius 2 is 1.58 bits per heavy atom. The van der Waals surface area contributed by atoms with Crippen LogP contribution < -0.4 is 4.90 Å². The van der Waals surface area contributed by atoms with Gasteiger partial charge in [-0.2, -0.15) is 0 Å². The summed E-state index contributed by atoms with van der Waals surface area (Å²) in [5.41, 5.74) is 12.4. The van der Waals surface area contributed by atoms with Gasteiger partial charge in [-0.25, -0.2) is 0 Å². The molecule has 38 heavy (non-hydrogen) atoms. The van der Waals surface area contributed by atoms with Gasteiger partial charge in [0.1, 0.15) is 0 Å². The quantitative estimate of drug-likeness (QED) is 0.181. The maximum Gasteiger partial charge on any atom is 0.0406 e. The van der Waals surface area contributed by atoms with Crippen LogP contribution in [0.5, 0.6) is 0 Å². The molecule has 6 rings (SSSR count). The standard InChI is InChI=1S/C35H31I2N/c1-38(31-16-11-26(12-17-31)25-7-3-2-4-8-25)32-18-13-27(14-19-32)28-15-20-33-29-9-5-6-10-30(21-29)35(23-36,24-37)34(33)22-28/h2-11,13-16,18-22,29H,12,17,23-24H2,1H3. The Kier molecular flexibility index (Phi) is 7.50. The molecule has 0 spiro atoms. The van der Waals surface area contributed by atoms with Crippen LogP contribution in [-0.4, -0.2) is 15.9 Å². The minimum Gasteiger partial charge on any atom is -0.348 e. The van der Waals surface area contributed by atoms with Gasteiger partial charge in [0.2, 0.25) is 0 Å². The molecule has 1 unspecified atom stereocenters. The zero-order valence-corrected chi connectivity index (χ0v) is 25.9. The molecule has 0 radical (unpaired) electrons. The molecule has 3 aromatic carbocycles. The van der Waals surface area contributed by atoms with E-state index in [2.05, 4.69) is 172 Å². The molecule has 3 aliphatic rings. The Bertz CT molecular complexity index is 1480. The van der Waals surface area contributed by atoms with E-state index in [1.807, 2.05) is 0 Å². The number of anilines is 1. The maximum absolute atomic E-state index is 2.59. The molecule has 0 amide bonds. The van der Waals surface area contributed by atoms with Crippen molar-refractivity contribution in [2.75, 3.05) is 20.8 Å². The highest BCUT2D eigenvalue weighted by Gasteiger charge is 2.39. The number of fused-ring (bicyclic) bond motifs is 3. The van der Waals surface area contributed by atoms with E-state index < -0.39 is 0 Å². The summed E-state index contributed by atoms with van der Waals surface area (Å²) in [4.78, 5) is 2.34. The number of allylic oxidation sites excluding steroid dienone is 10. The number of benzene rings is 3. The summed E-state index contributed by atoms with van der Waals surface area (Å²) in [7, 11) is 2.19. The Morgan fingerprint density at radius 1 is 0.816 bits per heavy atom. The molecule has 2 bridgehead atoms. The lowest BCUT2D eigenvalue weighted by molar-refractivity contribution is 0.652. The fourth-order valence-corrected chi connectivity index (χ4v) is 9.21. The van der Waals surface area contributed by atoms with Gasteiger partial charge in [-0.15, -0.1) is 0 Å². The van der Waals surface area contributed by atoms with Crippen LogP contribution in [0.15, 0.2) is 127 Å². The van der Waals surface area contributed by atoms with Crippen LogP contribution in [-0.2, 0) is 5.41 Å². The van der Waals surface area contributed by atoms with Gasteiger partial charge in [0.25, 0.3) is 0 Å².